The number of hydrogen-bond donors (Lipinski definition) is 2. The highest BCUT2D eigenvalue weighted by Gasteiger charge is 2.24. The number of nitrogens with zero attached hydrogens (tertiary/aromatic N) is 1. The van der Waals surface area contributed by atoms with Crippen LogP contribution in [0.15, 0.2) is 18.2 Å². The number of hydrogen-bond acceptors (Lipinski definition) is 3. The van der Waals surface area contributed by atoms with Crippen LogP contribution in [-0.2, 0) is 0 Å². The summed E-state index contributed by atoms with van der Waals surface area (Å²) in [5.74, 6) is -0.0674. The molecule has 0 spiro atoms. The van der Waals surface area contributed by atoms with Crippen molar-refractivity contribution in [1.29, 1.82) is 0 Å². The van der Waals surface area contributed by atoms with E-state index in [9.17, 15) is 4.79 Å². The predicted octanol–water partition coefficient (Wildman–Crippen LogP) is 2.64. The Morgan fingerprint density at radius 2 is 1.89 bits per heavy atom. The Hall–Kier alpha value is -1.71. The van der Waals surface area contributed by atoms with Crippen LogP contribution in [0.4, 0.5) is 11.4 Å². The smallest absolute Gasteiger partial charge is 0.253 e. The van der Waals surface area contributed by atoms with Crippen LogP contribution in [-0.4, -0.2) is 25.5 Å². The molecule has 0 unspecified atom stereocenters. The molecule has 0 aliphatic rings. The summed E-state index contributed by atoms with van der Waals surface area (Å²) >= 11 is 0. The van der Waals surface area contributed by atoms with E-state index in [0.717, 1.165) is 18.5 Å². The molecule has 1 aromatic rings. The number of amides is 1. The average Bonchev–Trinajstić information content (AvgIpc) is 2.38. The van der Waals surface area contributed by atoms with Crippen molar-refractivity contribution < 1.29 is 4.79 Å². The van der Waals surface area contributed by atoms with Crippen molar-refractivity contribution in [2.45, 2.75) is 39.2 Å². The zero-order chi connectivity index (χ0) is 14.6. The largest absolute Gasteiger partial charge is 0.399 e. The molecule has 0 radical (unpaired) electrons. The van der Waals surface area contributed by atoms with Gasteiger partial charge < -0.3 is 16.0 Å². The van der Waals surface area contributed by atoms with E-state index in [2.05, 4.69) is 26.1 Å². The summed E-state index contributed by atoms with van der Waals surface area (Å²) < 4.78 is 0. The Kier molecular flexibility index (Phi) is 4.81. The zero-order valence-electron chi connectivity index (χ0n) is 12.6. The normalized spacial score (nSPS) is 11.2. The van der Waals surface area contributed by atoms with Crippen LogP contribution in [0.25, 0.3) is 0 Å². The van der Waals surface area contributed by atoms with Gasteiger partial charge in [-0.05, 0) is 38.0 Å². The summed E-state index contributed by atoms with van der Waals surface area (Å²) in [7, 11) is 3.84. The standard InChI is InChI=1S/C15H25N3O/c1-6-15(3,7-2)17-14(19)12-10-11(16)8-9-13(12)18(4)5/h8-10H,6-7,16H2,1-5H3,(H,17,19). The van der Waals surface area contributed by atoms with Crippen molar-refractivity contribution in [1.82, 2.24) is 5.32 Å². The molecule has 0 heterocycles. The summed E-state index contributed by atoms with van der Waals surface area (Å²) in [4.78, 5) is 14.4. The molecule has 4 heteroatoms. The van der Waals surface area contributed by atoms with Gasteiger partial charge in [0.15, 0.2) is 0 Å². The molecule has 19 heavy (non-hydrogen) atoms. The van der Waals surface area contributed by atoms with Gasteiger partial charge in [-0.2, -0.15) is 0 Å². The Morgan fingerprint density at radius 3 is 2.37 bits per heavy atom. The van der Waals surface area contributed by atoms with Crippen molar-refractivity contribution in [3.05, 3.63) is 23.8 Å². The fraction of sp³-hybridized carbons (Fsp3) is 0.533. The Bertz CT molecular complexity index is 451. The second kappa shape index (κ2) is 5.95. The van der Waals surface area contributed by atoms with Crippen LogP contribution in [0.3, 0.4) is 0 Å². The molecule has 0 aliphatic heterocycles. The van der Waals surface area contributed by atoms with E-state index in [1.54, 1.807) is 6.07 Å². The highest BCUT2D eigenvalue weighted by Crippen LogP contribution is 2.23. The van der Waals surface area contributed by atoms with E-state index < -0.39 is 0 Å². The van der Waals surface area contributed by atoms with Gasteiger partial charge in [-0.3, -0.25) is 4.79 Å². The lowest BCUT2D eigenvalue weighted by molar-refractivity contribution is 0.0901. The molecule has 3 N–H and O–H groups in total. The Balaban J connectivity index is 3.08. The number of anilines is 2. The van der Waals surface area contributed by atoms with Crippen LogP contribution in [0.1, 0.15) is 44.0 Å². The third kappa shape index (κ3) is 3.63. The first-order valence-electron chi connectivity index (χ1n) is 6.72. The minimum absolute atomic E-state index is 0.0674. The van der Waals surface area contributed by atoms with Gasteiger partial charge in [0.25, 0.3) is 5.91 Å². The van der Waals surface area contributed by atoms with Crippen molar-refractivity contribution in [2.75, 3.05) is 24.7 Å². The fourth-order valence-corrected chi connectivity index (χ4v) is 1.89. The van der Waals surface area contributed by atoms with Crippen LogP contribution >= 0.6 is 0 Å². The lowest BCUT2D eigenvalue weighted by Gasteiger charge is -2.29. The van der Waals surface area contributed by atoms with Crippen LogP contribution in [0.5, 0.6) is 0 Å². The maximum absolute atomic E-state index is 12.5. The lowest BCUT2D eigenvalue weighted by atomic mass is 9.95. The number of carbonyl (C=O) groups is 1. The lowest BCUT2D eigenvalue weighted by Crippen LogP contribution is -2.45. The SMILES string of the molecule is CCC(C)(CC)NC(=O)c1cc(N)ccc1N(C)C. The molecule has 1 amide bonds. The molecule has 0 aliphatic carbocycles. The monoisotopic (exact) mass is 263 g/mol. The van der Waals surface area contributed by atoms with Crippen LogP contribution < -0.4 is 16.0 Å². The van der Waals surface area contributed by atoms with Crippen molar-refractivity contribution in [2.24, 2.45) is 0 Å². The highest BCUT2D eigenvalue weighted by molar-refractivity contribution is 6.01. The number of nitrogen functional groups attached to an aromatic ring is 1. The minimum Gasteiger partial charge on any atom is -0.399 e. The molecule has 1 aromatic carbocycles. The average molecular weight is 263 g/mol. The van der Waals surface area contributed by atoms with E-state index in [-0.39, 0.29) is 11.4 Å². The number of benzene rings is 1. The first-order valence-corrected chi connectivity index (χ1v) is 6.72. The number of carbonyl (C=O) groups excluding carboxylic acids is 1. The van der Waals surface area contributed by atoms with Crippen LogP contribution in [0, 0.1) is 0 Å². The molecule has 0 aromatic heterocycles. The van der Waals surface area contributed by atoms with Gasteiger partial charge in [-0.1, -0.05) is 13.8 Å². The molecular formula is C15H25N3O. The van der Waals surface area contributed by atoms with Gasteiger partial charge in [0.05, 0.1) is 5.56 Å². The van der Waals surface area contributed by atoms with Gasteiger partial charge in [0.1, 0.15) is 0 Å². The maximum atomic E-state index is 12.5. The minimum atomic E-state index is -0.175. The van der Waals surface area contributed by atoms with Crippen molar-refractivity contribution >= 4 is 17.3 Å². The van der Waals surface area contributed by atoms with Crippen LogP contribution in [0.2, 0.25) is 0 Å². The molecule has 0 saturated carbocycles. The third-order valence-electron chi connectivity index (χ3n) is 3.72. The molecule has 0 atom stereocenters. The predicted molar refractivity (Wildman–Crippen MR) is 81.6 cm³/mol. The first-order chi connectivity index (χ1) is 8.83. The van der Waals surface area contributed by atoms with Gasteiger partial charge >= 0.3 is 0 Å². The molecule has 4 nitrogen and oxygen atoms in total. The quantitative estimate of drug-likeness (QED) is 0.803. The third-order valence-corrected chi connectivity index (χ3v) is 3.72. The van der Waals surface area contributed by atoms with E-state index in [4.69, 9.17) is 5.73 Å². The van der Waals surface area contributed by atoms with E-state index in [1.165, 1.54) is 0 Å². The van der Waals surface area contributed by atoms with E-state index in [0.29, 0.717) is 11.3 Å². The summed E-state index contributed by atoms with van der Waals surface area (Å²) in [5.41, 5.74) is 7.72. The number of rotatable bonds is 5. The zero-order valence-corrected chi connectivity index (χ0v) is 12.6. The second-order valence-electron chi connectivity index (χ2n) is 5.39. The highest BCUT2D eigenvalue weighted by atomic mass is 16.1. The van der Waals surface area contributed by atoms with Crippen molar-refractivity contribution in [3.63, 3.8) is 0 Å². The summed E-state index contributed by atoms with van der Waals surface area (Å²) in [6, 6.07) is 5.42. The summed E-state index contributed by atoms with van der Waals surface area (Å²) in [6.07, 6.45) is 1.80. The Morgan fingerprint density at radius 1 is 1.32 bits per heavy atom. The Labute approximate surface area is 116 Å². The van der Waals surface area contributed by atoms with Gasteiger partial charge in [0.2, 0.25) is 0 Å². The van der Waals surface area contributed by atoms with Gasteiger partial charge in [-0.25, -0.2) is 0 Å². The van der Waals surface area contributed by atoms with Crippen molar-refractivity contribution in [3.8, 4) is 0 Å². The second-order valence-corrected chi connectivity index (χ2v) is 5.39. The molecular weight excluding hydrogens is 238 g/mol. The summed E-state index contributed by atoms with van der Waals surface area (Å²) in [6.45, 7) is 6.22. The molecule has 106 valence electrons. The fourth-order valence-electron chi connectivity index (χ4n) is 1.89. The molecule has 0 fully saturated rings. The van der Waals surface area contributed by atoms with Gasteiger partial charge in [-0.15, -0.1) is 0 Å². The summed E-state index contributed by atoms with van der Waals surface area (Å²) in [5, 5.41) is 3.11. The molecule has 1 rings (SSSR count). The van der Waals surface area contributed by atoms with E-state index in [1.807, 2.05) is 31.1 Å². The molecule has 0 saturated heterocycles. The maximum Gasteiger partial charge on any atom is 0.253 e. The number of nitrogens with one attached hydrogen (secondary N) is 1. The van der Waals surface area contributed by atoms with E-state index >= 15 is 0 Å². The van der Waals surface area contributed by atoms with Gasteiger partial charge in [0, 0.05) is 31.0 Å². The molecule has 0 bridgehead atoms. The number of nitrogens with two attached hydrogens (primary N) is 1. The first kappa shape index (κ1) is 15.3. The topological polar surface area (TPSA) is 58.4 Å².